The summed E-state index contributed by atoms with van der Waals surface area (Å²) in [5, 5.41) is 0. The van der Waals surface area contributed by atoms with E-state index in [2.05, 4.69) is 30.8 Å². The Morgan fingerprint density at radius 2 is 1.31 bits per heavy atom. The Hall–Kier alpha value is -1.28. The van der Waals surface area contributed by atoms with Crippen LogP contribution in [0.25, 0.3) is 0 Å². The zero-order chi connectivity index (χ0) is 20.4. The maximum absolute atomic E-state index is 5.91. The quantitative estimate of drug-likeness (QED) is 0.125. The summed E-state index contributed by atoms with van der Waals surface area (Å²) in [6.07, 6.45) is 24.3. The minimum Gasteiger partial charge on any atom is -0.491 e. The van der Waals surface area contributed by atoms with Crippen LogP contribution < -0.4 is 4.74 Å². The van der Waals surface area contributed by atoms with Crippen molar-refractivity contribution < 1.29 is 9.47 Å². The van der Waals surface area contributed by atoms with Crippen LogP contribution in [0.1, 0.15) is 102 Å². The van der Waals surface area contributed by atoms with Gasteiger partial charge >= 0.3 is 0 Å². The highest BCUT2D eigenvalue weighted by molar-refractivity contribution is 5.33. The van der Waals surface area contributed by atoms with Gasteiger partial charge in [0, 0.05) is 0 Å². The molecule has 164 valence electrons. The first-order valence-corrected chi connectivity index (χ1v) is 12.3. The molecule has 29 heavy (non-hydrogen) atoms. The molecule has 0 amide bonds. The van der Waals surface area contributed by atoms with Crippen molar-refractivity contribution in [1.82, 2.24) is 0 Å². The summed E-state index contributed by atoms with van der Waals surface area (Å²) in [6, 6.07) is 8.50. The van der Waals surface area contributed by atoms with Gasteiger partial charge in [-0.25, -0.2) is 0 Å². The van der Waals surface area contributed by atoms with Crippen molar-refractivity contribution in [1.29, 1.82) is 0 Å². The summed E-state index contributed by atoms with van der Waals surface area (Å²) in [5.41, 5.74) is 1.36. The van der Waals surface area contributed by atoms with Crippen LogP contribution in [0.5, 0.6) is 5.75 Å². The first-order valence-electron chi connectivity index (χ1n) is 12.3. The van der Waals surface area contributed by atoms with Gasteiger partial charge in [0.15, 0.2) is 0 Å². The van der Waals surface area contributed by atoms with Crippen molar-refractivity contribution in [2.45, 2.75) is 109 Å². The van der Waals surface area contributed by atoms with E-state index in [1.807, 2.05) is 6.08 Å². The second-order valence-electron chi connectivity index (χ2n) is 8.65. The van der Waals surface area contributed by atoms with Gasteiger partial charge in [-0.2, -0.15) is 0 Å². The normalized spacial score (nSPS) is 15.4. The van der Waals surface area contributed by atoms with Crippen LogP contribution in [0.4, 0.5) is 0 Å². The van der Waals surface area contributed by atoms with Gasteiger partial charge in [0.25, 0.3) is 0 Å². The molecule has 1 saturated heterocycles. The highest BCUT2D eigenvalue weighted by atomic mass is 16.6. The number of rotatable bonds is 20. The average molecular weight is 401 g/mol. The Morgan fingerprint density at radius 1 is 0.793 bits per heavy atom. The third-order valence-corrected chi connectivity index (χ3v) is 5.90. The van der Waals surface area contributed by atoms with Crippen molar-refractivity contribution in [2.24, 2.45) is 0 Å². The van der Waals surface area contributed by atoms with Crippen LogP contribution in [-0.2, 0) is 11.2 Å². The summed E-state index contributed by atoms with van der Waals surface area (Å²) in [5.74, 6) is 1.06. The van der Waals surface area contributed by atoms with Gasteiger partial charge < -0.3 is 9.47 Å². The first-order chi connectivity index (χ1) is 14.4. The minimum absolute atomic E-state index is 0.329. The minimum atomic E-state index is 0.329. The third-order valence-electron chi connectivity index (χ3n) is 5.90. The Labute approximate surface area is 180 Å². The summed E-state index contributed by atoms with van der Waals surface area (Å²) in [6.45, 7) is 5.35. The largest absolute Gasteiger partial charge is 0.491 e. The molecule has 0 spiro atoms. The Kier molecular flexibility index (Phi) is 13.7. The van der Waals surface area contributed by atoms with Crippen LogP contribution in [0, 0.1) is 0 Å². The molecule has 1 aromatic carbocycles. The molecular formula is C27H44O2. The molecule has 1 unspecified atom stereocenters. The number of hydrogen-bond donors (Lipinski definition) is 0. The lowest BCUT2D eigenvalue weighted by molar-refractivity contribution is 0.261. The van der Waals surface area contributed by atoms with E-state index in [1.165, 1.54) is 102 Å². The summed E-state index contributed by atoms with van der Waals surface area (Å²) in [4.78, 5) is 0. The number of para-hydroxylation sites is 1. The number of unbranched alkanes of at least 4 members (excludes halogenated alkanes) is 14. The van der Waals surface area contributed by atoms with E-state index in [4.69, 9.17) is 9.47 Å². The predicted molar refractivity (Wildman–Crippen MR) is 125 cm³/mol. The molecule has 1 fully saturated rings. The third kappa shape index (κ3) is 12.8. The fourth-order valence-corrected chi connectivity index (χ4v) is 3.92. The maximum Gasteiger partial charge on any atom is 0.122 e. The van der Waals surface area contributed by atoms with Crippen LogP contribution >= 0.6 is 0 Å². The molecule has 2 heteroatoms. The van der Waals surface area contributed by atoms with Crippen LogP contribution in [0.15, 0.2) is 36.9 Å². The number of epoxide rings is 1. The van der Waals surface area contributed by atoms with Crippen LogP contribution in [0.2, 0.25) is 0 Å². The Balaban J connectivity index is 1.34. The van der Waals surface area contributed by atoms with E-state index in [9.17, 15) is 0 Å². The number of hydrogen-bond acceptors (Lipinski definition) is 2. The fourth-order valence-electron chi connectivity index (χ4n) is 3.92. The van der Waals surface area contributed by atoms with E-state index in [-0.39, 0.29) is 0 Å². The zero-order valence-electron chi connectivity index (χ0n) is 18.7. The van der Waals surface area contributed by atoms with Gasteiger partial charge in [0.2, 0.25) is 0 Å². The lowest BCUT2D eigenvalue weighted by Gasteiger charge is -2.10. The van der Waals surface area contributed by atoms with Gasteiger partial charge in [-0.3, -0.25) is 0 Å². The van der Waals surface area contributed by atoms with E-state index in [1.54, 1.807) is 0 Å². The lowest BCUT2D eigenvalue weighted by atomic mass is 10.0. The molecule has 1 aliphatic rings. The van der Waals surface area contributed by atoms with Crippen molar-refractivity contribution >= 4 is 0 Å². The Morgan fingerprint density at radius 3 is 1.86 bits per heavy atom. The molecule has 2 rings (SSSR count). The standard InChI is InChI=1S/C27H44O2/c1-2-3-4-5-6-7-8-9-10-11-12-13-14-15-16-17-20-25-21-18-19-22-27(25)29-24-26-23-28-26/h2,18-19,21-22,26H,1,3-17,20,23-24H2. The van der Waals surface area contributed by atoms with E-state index < -0.39 is 0 Å². The first kappa shape index (κ1) is 24.0. The molecule has 1 atom stereocenters. The SMILES string of the molecule is C=CCCCCCCCCCCCCCCCCc1ccccc1OCC1CO1. The summed E-state index contributed by atoms with van der Waals surface area (Å²) >= 11 is 0. The molecule has 0 saturated carbocycles. The van der Waals surface area contributed by atoms with E-state index in [0.29, 0.717) is 12.7 Å². The molecule has 0 N–H and O–H groups in total. The molecule has 0 radical (unpaired) electrons. The molecule has 1 heterocycles. The van der Waals surface area contributed by atoms with Gasteiger partial charge in [0.1, 0.15) is 18.5 Å². The van der Waals surface area contributed by atoms with E-state index >= 15 is 0 Å². The molecule has 2 nitrogen and oxygen atoms in total. The van der Waals surface area contributed by atoms with Crippen LogP contribution in [-0.4, -0.2) is 19.3 Å². The summed E-state index contributed by atoms with van der Waals surface area (Å²) in [7, 11) is 0. The Bertz CT molecular complexity index is 521. The number of allylic oxidation sites excluding steroid dienone is 1. The highest BCUT2D eigenvalue weighted by Gasteiger charge is 2.23. The highest BCUT2D eigenvalue weighted by Crippen LogP contribution is 2.22. The van der Waals surface area contributed by atoms with Crippen LogP contribution in [0.3, 0.4) is 0 Å². The van der Waals surface area contributed by atoms with Gasteiger partial charge in [-0.1, -0.05) is 101 Å². The fraction of sp³-hybridized carbons (Fsp3) is 0.704. The van der Waals surface area contributed by atoms with E-state index in [0.717, 1.165) is 18.8 Å². The molecule has 0 bridgehead atoms. The molecule has 0 aliphatic carbocycles. The topological polar surface area (TPSA) is 21.8 Å². The predicted octanol–water partition coefficient (Wildman–Crippen LogP) is 8.04. The second kappa shape index (κ2) is 16.5. The van der Waals surface area contributed by atoms with Crippen molar-refractivity contribution in [3.63, 3.8) is 0 Å². The smallest absolute Gasteiger partial charge is 0.122 e. The van der Waals surface area contributed by atoms with Crippen molar-refractivity contribution in [3.8, 4) is 5.75 Å². The van der Waals surface area contributed by atoms with Gasteiger partial charge in [0.05, 0.1) is 6.61 Å². The maximum atomic E-state index is 5.91. The molecule has 0 aromatic heterocycles. The van der Waals surface area contributed by atoms with Gasteiger partial charge in [-0.15, -0.1) is 6.58 Å². The molecule has 1 aliphatic heterocycles. The lowest BCUT2D eigenvalue weighted by Crippen LogP contribution is -2.05. The zero-order valence-corrected chi connectivity index (χ0v) is 18.7. The second-order valence-corrected chi connectivity index (χ2v) is 8.65. The number of ether oxygens (including phenoxy) is 2. The average Bonchev–Trinajstić information content (AvgIpc) is 3.57. The number of benzene rings is 1. The molecular weight excluding hydrogens is 356 g/mol. The summed E-state index contributed by atoms with van der Waals surface area (Å²) < 4.78 is 11.1. The molecule has 1 aromatic rings. The number of aryl methyl sites for hydroxylation is 1. The monoisotopic (exact) mass is 400 g/mol. The van der Waals surface area contributed by atoms with Crippen molar-refractivity contribution in [2.75, 3.05) is 13.2 Å². The van der Waals surface area contributed by atoms with Gasteiger partial charge in [-0.05, 0) is 37.3 Å². The van der Waals surface area contributed by atoms with Crippen molar-refractivity contribution in [3.05, 3.63) is 42.5 Å².